The fourth-order valence-corrected chi connectivity index (χ4v) is 1.83. The van der Waals surface area contributed by atoms with E-state index in [0.29, 0.717) is 18.2 Å². The highest BCUT2D eigenvalue weighted by Gasteiger charge is 2.03. The largest absolute Gasteiger partial charge is 0.504 e. The van der Waals surface area contributed by atoms with Crippen LogP contribution in [0.5, 0.6) is 11.5 Å². The summed E-state index contributed by atoms with van der Waals surface area (Å²) in [5.41, 5.74) is 0.939. The van der Waals surface area contributed by atoms with Crippen molar-refractivity contribution in [2.75, 3.05) is 20.2 Å². The summed E-state index contributed by atoms with van der Waals surface area (Å²) in [4.78, 5) is 4.52. The molecule has 1 aromatic carbocycles. The average molecular weight is 421 g/mol. The van der Waals surface area contributed by atoms with Gasteiger partial charge < -0.3 is 20.5 Å². The van der Waals surface area contributed by atoms with Crippen LogP contribution in [0.2, 0.25) is 0 Å². The van der Waals surface area contributed by atoms with Crippen molar-refractivity contribution in [2.24, 2.45) is 10.9 Å². The Bertz CT molecular complexity index is 465. The smallest absolute Gasteiger partial charge is 0.191 e. The molecule has 0 aliphatic rings. The van der Waals surface area contributed by atoms with Crippen LogP contribution in [0, 0.1) is 5.92 Å². The minimum absolute atomic E-state index is 0. The molecule has 0 fully saturated rings. The molecule has 0 unspecified atom stereocenters. The number of nitrogens with zero attached hydrogens (tertiary/aromatic N) is 1. The summed E-state index contributed by atoms with van der Waals surface area (Å²) in [7, 11) is 1.54. The first kappa shape index (κ1) is 20.8. The number of phenolic OH excluding ortho intramolecular Hbond substituents is 1. The fraction of sp³-hybridized carbons (Fsp3) is 0.562. The van der Waals surface area contributed by atoms with Crippen LogP contribution >= 0.6 is 24.0 Å². The second kappa shape index (κ2) is 11.4. The molecule has 0 aliphatic carbocycles. The number of rotatable bonds is 7. The highest BCUT2D eigenvalue weighted by molar-refractivity contribution is 14.0. The van der Waals surface area contributed by atoms with E-state index in [-0.39, 0.29) is 29.7 Å². The number of halogens is 1. The van der Waals surface area contributed by atoms with Crippen molar-refractivity contribution in [1.29, 1.82) is 0 Å². The van der Waals surface area contributed by atoms with Gasteiger partial charge in [0.2, 0.25) is 0 Å². The maximum atomic E-state index is 9.76. The molecule has 5 nitrogen and oxygen atoms in total. The number of phenols is 1. The van der Waals surface area contributed by atoms with Crippen LogP contribution in [-0.2, 0) is 6.54 Å². The lowest BCUT2D eigenvalue weighted by Gasteiger charge is -2.12. The Morgan fingerprint density at radius 2 is 2.05 bits per heavy atom. The fourth-order valence-electron chi connectivity index (χ4n) is 1.83. The van der Waals surface area contributed by atoms with Gasteiger partial charge in [-0.3, -0.25) is 0 Å². The van der Waals surface area contributed by atoms with Gasteiger partial charge in [0.05, 0.1) is 13.7 Å². The Hall–Kier alpha value is -1.18. The lowest BCUT2D eigenvalue weighted by molar-refractivity contribution is 0.373. The summed E-state index contributed by atoms with van der Waals surface area (Å²) in [6.07, 6.45) is 1.10. The quantitative estimate of drug-likeness (QED) is 0.360. The van der Waals surface area contributed by atoms with Crippen molar-refractivity contribution in [3.8, 4) is 11.5 Å². The molecule has 0 aliphatic heterocycles. The predicted molar refractivity (Wildman–Crippen MR) is 102 cm³/mol. The summed E-state index contributed by atoms with van der Waals surface area (Å²) in [6.45, 7) is 8.67. The van der Waals surface area contributed by atoms with Gasteiger partial charge in [0.15, 0.2) is 17.5 Å². The SMILES string of the molecule is CCNC(=NCc1ccc(OC)c(O)c1)NCCC(C)C.I. The number of aromatic hydroxyl groups is 1. The van der Waals surface area contributed by atoms with E-state index in [1.807, 2.05) is 13.0 Å². The first-order chi connectivity index (χ1) is 10.1. The van der Waals surface area contributed by atoms with E-state index in [4.69, 9.17) is 4.74 Å². The Morgan fingerprint density at radius 1 is 1.32 bits per heavy atom. The van der Waals surface area contributed by atoms with Crippen LogP contribution in [0.4, 0.5) is 0 Å². The van der Waals surface area contributed by atoms with Crippen molar-refractivity contribution in [1.82, 2.24) is 10.6 Å². The number of hydrogen-bond donors (Lipinski definition) is 3. The minimum atomic E-state index is 0. The van der Waals surface area contributed by atoms with Gasteiger partial charge in [-0.25, -0.2) is 4.99 Å². The molecule has 0 saturated carbocycles. The number of nitrogens with one attached hydrogen (secondary N) is 2. The number of guanidine groups is 1. The summed E-state index contributed by atoms with van der Waals surface area (Å²) in [6, 6.07) is 5.33. The first-order valence-corrected chi connectivity index (χ1v) is 7.44. The molecule has 22 heavy (non-hydrogen) atoms. The van der Waals surface area contributed by atoms with Gasteiger partial charge in [0.1, 0.15) is 0 Å². The third kappa shape index (κ3) is 7.72. The molecule has 0 amide bonds. The Labute approximate surface area is 150 Å². The lowest BCUT2D eigenvalue weighted by Crippen LogP contribution is -2.38. The number of aliphatic imine (C=N–C) groups is 1. The normalized spacial score (nSPS) is 11.0. The molecule has 6 heteroatoms. The lowest BCUT2D eigenvalue weighted by atomic mass is 10.1. The van der Waals surface area contributed by atoms with E-state index in [0.717, 1.165) is 31.0 Å². The number of hydrogen-bond acceptors (Lipinski definition) is 3. The Morgan fingerprint density at radius 3 is 2.59 bits per heavy atom. The van der Waals surface area contributed by atoms with E-state index in [9.17, 15) is 5.11 Å². The van der Waals surface area contributed by atoms with Gasteiger partial charge in [-0.1, -0.05) is 19.9 Å². The van der Waals surface area contributed by atoms with Gasteiger partial charge >= 0.3 is 0 Å². The molecule has 0 saturated heterocycles. The van der Waals surface area contributed by atoms with E-state index in [2.05, 4.69) is 29.5 Å². The van der Waals surface area contributed by atoms with Crippen LogP contribution in [0.1, 0.15) is 32.8 Å². The van der Waals surface area contributed by atoms with Crippen LogP contribution in [0.15, 0.2) is 23.2 Å². The molecule has 0 bridgehead atoms. The monoisotopic (exact) mass is 421 g/mol. The van der Waals surface area contributed by atoms with Crippen molar-refractivity contribution in [3.63, 3.8) is 0 Å². The third-order valence-electron chi connectivity index (χ3n) is 3.02. The molecule has 126 valence electrons. The average Bonchev–Trinajstić information content (AvgIpc) is 2.44. The third-order valence-corrected chi connectivity index (χ3v) is 3.02. The van der Waals surface area contributed by atoms with Gasteiger partial charge in [-0.15, -0.1) is 24.0 Å². The van der Waals surface area contributed by atoms with E-state index >= 15 is 0 Å². The van der Waals surface area contributed by atoms with E-state index < -0.39 is 0 Å². The number of methoxy groups -OCH3 is 1. The maximum Gasteiger partial charge on any atom is 0.191 e. The zero-order valence-corrected chi connectivity index (χ0v) is 16.2. The molecule has 0 aromatic heterocycles. The van der Waals surface area contributed by atoms with Crippen molar-refractivity contribution in [3.05, 3.63) is 23.8 Å². The summed E-state index contributed by atoms with van der Waals surface area (Å²) in [5.74, 6) is 2.08. The molecule has 0 spiro atoms. The van der Waals surface area contributed by atoms with Gasteiger partial charge in [-0.2, -0.15) is 0 Å². The topological polar surface area (TPSA) is 65.9 Å². The molecular weight excluding hydrogens is 393 g/mol. The van der Waals surface area contributed by atoms with Crippen LogP contribution in [0.3, 0.4) is 0 Å². The molecular formula is C16H28IN3O2. The first-order valence-electron chi connectivity index (χ1n) is 7.44. The Balaban J connectivity index is 0.00000441. The van der Waals surface area contributed by atoms with E-state index in [1.165, 1.54) is 7.11 Å². The second-order valence-corrected chi connectivity index (χ2v) is 5.31. The summed E-state index contributed by atoms with van der Waals surface area (Å²) in [5, 5.41) is 16.3. The molecule has 0 atom stereocenters. The molecule has 1 rings (SSSR count). The molecule has 0 heterocycles. The van der Waals surface area contributed by atoms with Crippen LogP contribution < -0.4 is 15.4 Å². The Kier molecular flexibility index (Phi) is 10.8. The van der Waals surface area contributed by atoms with Crippen LogP contribution in [-0.4, -0.2) is 31.3 Å². The second-order valence-electron chi connectivity index (χ2n) is 5.31. The summed E-state index contributed by atoms with van der Waals surface area (Å²) < 4.78 is 5.03. The minimum Gasteiger partial charge on any atom is -0.504 e. The maximum absolute atomic E-state index is 9.76. The zero-order valence-electron chi connectivity index (χ0n) is 13.8. The molecule has 1 aromatic rings. The molecule has 0 radical (unpaired) electrons. The number of benzene rings is 1. The van der Waals surface area contributed by atoms with Crippen LogP contribution in [0.25, 0.3) is 0 Å². The van der Waals surface area contributed by atoms with Crippen molar-refractivity contribution in [2.45, 2.75) is 33.7 Å². The molecule has 3 N–H and O–H groups in total. The standard InChI is InChI=1S/C16H27N3O2.HI/c1-5-17-16(18-9-8-12(2)3)19-11-13-6-7-15(21-4)14(20)10-13;/h6-7,10,12,20H,5,8-9,11H2,1-4H3,(H2,17,18,19);1H. The zero-order chi connectivity index (χ0) is 15.7. The summed E-state index contributed by atoms with van der Waals surface area (Å²) >= 11 is 0. The van der Waals surface area contributed by atoms with Gasteiger partial charge in [-0.05, 0) is 37.0 Å². The van der Waals surface area contributed by atoms with Gasteiger partial charge in [0.25, 0.3) is 0 Å². The predicted octanol–water partition coefficient (Wildman–Crippen LogP) is 3.12. The van der Waals surface area contributed by atoms with Crippen molar-refractivity contribution >= 4 is 29.9 Å². The highest BCUT2D eigenvalue weighted by atomic mass is 127. The highest BCUT2D eigenvalue weighted by Crippen LogP contribution is 2.26. The van der Waals surface area contributed by atoms with Crippen molar-refractivity contribution < 1.29 is 9.84 Å². The number of ether oxygens (including phenoxy) is 1. The van der Waals surface area contributed by atoms with E-state index in [1.54, 1.807) is 12.1 Å². The van der Waals surface area contributed by atoms with Gasteiger partial charge in [0, 0.05) is 13.1 Å².